The molecule has 0 saturated carbocycles. The minimum atomic E-state index is -4.86. The van der Waals surface area contributed by atoms with Crippen LogP contribution in [-0.4, -0.2) is 66.1 Å². The summed E-state index contributed by atoms with van der Waals surface area (Å²) in [5, 5.41) is 14.7. The molecule has 57 heavy (non-hydrogen) atoms. The van der Waals surface area contributed by atoms with E-state index in [9.17, 15) is 39.5 Å². The first-order valence-corrected chi connectivity index (χ1v) is 17.1. The number of rotatable bonds is 10. The van der Waals surface area contributed by atoms with Gasteiger partial charge in [-0.2, -0.15) is 8.78 Å². The molecule has 0 amide bonds. The van der Waals surface area contributed by atoms with Gasteiger partial charge in [-0.25, -0.2) is 4.39 Å². The third-order valence-electron chi connectivity index (χ3n) is 7.12. The molecule has 0 bridgehead atoms. The maximum Gasteiger partial charge on any atom is 0.573 e. The molecule has 310 valence electrons. The summed E-state index contributed by atoms with van der Waals surface area (Å²) in [7, 11) is 2.68. The predicted octanol–water partition coefficient (Wildman–Crippen LogP) is 9.87. The van der Waals surface area contributed by atoms with Crippen molar-refractivity contribution in [3.63, 3.8) is 0 Å². The molecular weight excluding hydrogens is 779 g/mol. The molecule has 1 unspecified atom stereocenters. The summed E-state index contributed by atoms with van der Waals surface area (Å²) < 4.78 is 136. The monoisotopic (exact) mass is 818 g/mol. The van der Waals surface area contributed by atoms with E-state index in [-0.39, 0.29) is 47.3 Å². The number of aromatic nitrogens is 8. The highest BCUT2D eigenvalue weighted by Crippen LogP contribution is 2.33. The number of methoxy groups -OCH3 is 2. The summed E-state index contributed by atoms with van der Waals surface area (Å²) in [6.45, 7) is 9.79. The van der Waals surface area contributed by atoms with Crippen molar-refractivity contribution in [3.8, 4) is 34.0 Å². The van der Waals surface area contributed by atoms with Crippen LogP contribution in [0.2, 0.25) is 0 Å². The number of nitrogens with zero attached hydrogens (tertiary/aromatic N) is 8. The van der Waals surface area contributed by atoms with Gasteiger partial charge in [-0.15, -0.1) is 46.7 Å². The summed E-state index contributed by atoms with van der Waals surface area (Å²) in [6.07, 6.45) is -5.54. The number of ether oxygens (including phenoxy) is 4. The van der Waals surface area contributed by atoms with Crippen molar-refractivity contribution in [2.45, 2.75) is 79.6 Å². The van der Waals surface area contributed by atoms with Crippen LogP contribution in [0.4, 0.5) is 39.5 Å². The highest BCUT2D eigenvalue weighted by atomic mass is 19.4. The van der Waals surface area contributed by atoms with Crippen molar-refractivity contribution < 1.29 is 58.5 Å². The smallest absolute Gasteiger partial charge is 0.405 e. The molecule has 4 heterocycles. The van der Waals surface area contributed by atoms with Crippen LogP contribution in [0.3, 0.4) is 0 Å². The van der Waals surface area contributed by atoms with Gasteiger partial charge in [-0.3, -0.25) is 18.8 Å². The van der Waals surface area contributed by atoms with E-state index >= 15 is 0 Å². The van der Waals surface area contributed by atoms with E-state index in [1.54, 1.807) is 0 Å². The van der Waals surface area contributed by atoms with E-state index in [2.05, 4.69) is 39.8 Å². The van der Waals surface area contributed by atoms with Crippen LogP contribution in [0, 0.1) is 0 Å². The van der Waals surface area contributed by atoms with Gasteiger partial charge >= 0.3 is 18.6 Å². The Labute approximate surface area is 320 Å². The van der Waals surface area contributed by atoms with Crippen molar-refractivity contribution in [1.29, 1.82) is 0 Å². The number of hydrogen-bond acceptors (Lipinski definition) is 10. The van der Waals surface area contributed by atoms with Gasteiger partial charge in [0.15, 0.2) is 23.3 Å². The number of hydrogen-bond donors (Lipinski definition) is 0. The molecule has 0 fully saturated rings. The van der Waals surface area contributed by atoms with Gasteiger partial charge < -0.3 is 18.9 Å². The fourth-order valence-electron chi connectivity index (χ4n) is 4.95. The van der Waals surface area contributed by atoms with Gasteiger partial charge in [0.2, 0.25) is 5.82 Å². The zero-order valence-electron chi connectivity index (χ0n) is 31.9. The van der Waals surface area contributed by atoms with E-state index in [0.717, 1.165) is 10.5 Å². The van der Waals surface area contributed by atoms with Crippen molar-refractivity contribution in [2.24, 2.45) is 0 Å². The Morgan fingerprint density at radius 3 is 1.46 bits per heavy atom. The molecule has 0 aliphatic rings. The molecule has 0 radical (unpaired) electrons. The van der Waals surface area contributed by atoms with Crippen LogP contribution < -0.4 is 9.47 Å². The molecule has 6 rings (SSSR count). The first-order valence-electron chi connectivity index (χ1n) is 17.1. The minimum Gasteiger partial charge on any atom is -0.405 e. The molecule has 0 spiro atoms. The standard InChI is InChI=1S/C16H13F5N4O2.C16H14F4N4O2.2C2H6/c1-15(17,18)14-24-23-13-6-22-11(7-25(13)14)9-3-4-12(27-16(19,20)21)10(5-9)8-26-2;1-9(17)15-23-22-14-6-21-12(7-24(14)15)10-3-4-13(26-16(18,19)20)11(5-10)8-25-2;2*1-2/h3-7H,8H2,1-2H3;3-7,9H,8H2,1-2H3;2*1-2H3. The summed E-state index contributed by atoms with van der Waals surface area (Å²) >= 11 is 0. The molecular formula is C36H39F9N8O4. The first-order chi connectivity index (χ1) is 26.9. The number of fused-ring (bicyclic) bond motifs is 2. The van der Waals surface area contributed by atoms with Crippen molar-refractivity contribution >= 4 is 11.3 Å². The van der Waals surface area contributed by atoms with E-state index in [1.165, 1.54) is 80.7 Å². The molecule has 0 aliphatic heterocycles. The topological polar surface area (TPSA) is 123 Å². The molecule has 0 saturated heterocycles. The zero-order chi connectivity index (χ0) is 42.7. The van der Waals surface area contributed by atoms with Gasteiger partial charge in [0.1, 0.15) is 11.5 Å². The van der Waals surface area contributed by atoms with Crippen LogP contribution in [0.5, 0.6) is 11.5 Å². The second-order valence-corrected chi connectivity index (χ2v) is 11.2. The van der Waals surface area contributed by atoms with E-state index < -0.39 is 36.4 Å². The van der Waals surface area contributed by atoms with Gasteiger partial charge in [0, 0.05) is 55.8 Å². The minimum absolute atomic E-state index is 0.0824. The number of halogens is 9. The Morgan fingerprint density at radius 2 is 1.05 bits per heavy atom. The third kappa shape index (κ3) is 12.2. The van der Waals surface area contributed by atoms with Gasteiger partial charge in [0.25, 0.3) is 0 Å². The Hall–Kier alpha value is -5.57. The lowest BCUT2D eigenvalue weighted by atomic mass is 10.1. The van der Waals surface area contributed by atoms with Crippen LogP contribution in [0.25, 0.3) is 33.8 Å². The fraction of sp³-hybridized carbons (Fsp3) is 0.389. The molecule has 1 atom stereocenters. The molecule has 2 aromatic carbocycles. The van der Waals surface area contributed by atoms with Gasteiger partial charge in [-0.05, 0) is 43.3 Å². The largest absolute Gasteiger partial charge is 0.573 e. The zero-order valence-corrected chi connectivity index (χ0v) is 31.9. The van der Waals surface area contributed by atoms with E-state index in [1.807, 2.05) is 27.7 Å². The summed E-state index contributed by atoms with van der Waals surface area (Å²) in [5.74, 6) is -4.47. The van der Waals surface area contributed by atoms with Crippen LogP contribution in [0.15, 0.2) is 61.2 Å². The normalized spacial score (nSPS) is 12.2. The first kappa shape index (κ1) is 45.8. The maximum absolute atomic E-state index is 13.6. The summed E-state index contributed by atoms with van der Waals surface area (Å²) in [5.41, 5.74) is 2.36. The van der Waals surface area contributed by atoms with E-state index in [4.69, 9.17) is 9.47 Å². The highest BCUT2D eigenvalue weighted by molar-refractivity contribution is 5.63. The lowest BCUT2D eigenvalue weighted by Gasteiger charge is -2.14. The van der Waals surface area contributed by atoms with Crippen LogP contribution >= 0.6 is 0 Å². The van der Waals surface area contributed by atoms with Gasteiger partial charge in [-0.1, -0.05) is 27.7 Å². The molecule has 0 N–H and O–H groups in total. The lowest BCUT2D eigenvalue weighted by Crippen LogP contribution is -2.18. The average Bonchev–Trinajstić information content (AvgIpc) is 3.79. The lowest BCUT2D eigenvalue weighted by molar-refractivity contribution is -0.276. The highest BCUT2D eigenvalue weighted by Gasteiger charge is 2.34. The maximum atomic E-state index is 13.6. The average molecular weight is 819 g/mol. The Bertz CT molecular complexity index is 2200. The van der Waals surface area contributed by atoms with Crippen LogP contribution in [0.1, 0.15) is 70.5 Å². The van der Waals surface area contributed by atoms with Gasteiger partial charge in [0.05, 0.1) is 37.0 Å². The number of alkyl halides is 9. The summed E-state index contributed by atoms with van der Waals surface area (Å²) in [6, 6.07) is 7.92. The number of benzene rings is 2. The predicted molar refractivity (Wildman–Crippen MR) is 189 cm³/mol. The second kappa shape index (κ2) is 19.5. The Kier molecular flexibility index (Phi) is 15.7. The molecule has 21 heteroatoms. The van der Waals surface area contributed by atoms with Crippen molar-refractivity contribution in [2.75, 3.05) is 14.2 Å². The van der Waals surface area contributed by atoms with Crippen molar-refractivity contribution in [3.05, 3.63) is 84.0 Å². The quantitative estimate of drug-likeness (QED) is 0.124. The molecule has 6 aromatic rings. The fourth-order valence-corrected chi connectivity index (χ4v) is 4.95. The second-order valence-electron chi connectivity index (χ2n) is 11.2. The Balaban J connectivity index is 0.000000281. The molecule has 12 nitrogen and oxygen atoms in total. The Morgan fingerprint density at radius 1 is 0.632 bits per heavy atom. The molecule has 4 aromatic heterocycles. The molecule has 0 aliphatic carbocycles. The van der Waals surface area contributed by atoms with Crippen LogP contribution in [-0.2, 0) is 28.6 Å². The summed E-state index contributed by atoms with van der Waals surface area (Å²) in [4.78, 5) is 8.31. The van der Waals surface area contributed by atoms with E-state index in [0.29, 0.717) is 29.4 Å². The third-order valence-corrected chi connectivity index (χ3v) is 7.12. The van der Waals surface area contributed by atoms with Crippen molar-refractivity contribution in [1.82, 2.24) is 39.2 Å². The SMILES string of the molecule is CC.CC.COCc1cc(-c2cn3c(C(C)(F)F)nnc3cn2)ccc1OC(F)(F)F.COCc1cc(-c2cn3c(C(C)F)nnc3cn2)ccc1OC(F)(F)F.